The number of aryl methyl sites for hydroxylation is 1. The number of carbonyl (C=O) groups excluding carboxylic acids is 1. The van der Waals surface area contributed by atoms with Crippen molar-refractivity contribution >= 4 is 44.7 Å². The average Bonchev–Trinajstić information content (AvgIpc) is 3.15. The number of benzene rings is 2. The van der Waals surface area contributed by atoms with Crippen LogP contribution in [0.15, 0.2) is 65.0 Å². The lowest BCUT2D eigenvalue weighted by molar-refractivity contribution is -0.118. The summed E-state index contributed by atoms with van der Waals surface area (Å²) in [7, 11) is 0. The molecule has 0 radical (unpaired) electrons. The van der Waals surface area contributed by atoms with Crippen LogP contribution in [0.5, 0.6) is 0 Å². The molecule has 0 spiro atoms. The van der Waals surface area contributed by atoms with Crippen LogP contribution in [0.25, 0.3) is 21.3 Å². The first-order chi connectivity index (χ1) is 13.9. The molecule has 4 aromatic rings. The van der Waals surface area contributed by atoms with Crippen LogP contribution in [0.4, 0.5) is 5.69 Å². The molecule has 0 saturated carbocycles. The second-order valence-electron chi connectivity index (χ2n) is 6.82. The maximum atomic E-state index is 13.2. The van der Waals surface area contributed by atoms with Crippen molar-refractivity contribution in [3.63, 3.8) is 0 Å². The second-order valence-corrected chi connectivity index (χ2v) is 8.12. The minimum atomic E-state index is -0.721. The third kappa shape index (κ3) is 3.81. The number of halogens is 1. The molecule has 7 heteroatoms. The normalized spacial score (nSPS) is 12.1. The minimum Gasteiger partial charge on any atom is -0.324 e. The maximum absolute atomic E-state index is 13.2. The van der Waals surface area contributed by atoms with Crippen LogP contribution in [0.2, 0.25) is 5.02 Å². The molecule has 2 heterocycles. The van der Waals surface area contributed by atoms with Gasteiger partial charge >= 0.3 is 0 Å². The Morgan fingerprint density at radius 3 is 2.52 bits per heavy atom. The van der Waals surface area contributed by atoms with Gasteiger partial charge in [-0.1, -0.05) is 41.4 Å². The van der Waals surface area contributed by atoms with Gasteiger partial charge in [0.1, 0.15) is 10.9 Å². The van der Waals surface area contributed by atoms with E-state index in [0.717, 1.165) is 16.7 Å². The quantitative estimate of drug-likeness (QED) is 0.485. The molecule has 146 valence electrons. The predicted octanol–water partition coefficient (Wildman–Crippen LogP) is 5.29. The highest BCUT2D eigenvalue weighted by Gasteiger charge is 2.20. The molecule has 0 aliphatic heterocycles. The van der Waals surface area contributed by atoms with Crippen LogP contribution in [-0.2, 0) is 4.79 Å². The van der Waals surface area contributed by atoms with Crippen molar-refractivity contribution in [1.82, 2.24) is 9.55 Å². The standard InChI is InChI=1S/C22H18ClN3O2S/c1-13-3-5-15(6-4-13)18-11-29-21-19(18)22(28)26(12-24-21)14(2)20(27)25-17-9-7-16(23)8-10-17/h3-12,14H,1-2H3,(H,25,27). The number of fused-ring (bicyclic) bond motifs is 1. The van der Waals surface area contributed by atoms with E-state index < -0.39 is 6.04 Å². The second kappa shape index (κ2) is 7.81. The minimum absolute atomic E-state index is 0.231. The number of nitrogens with one attached hydrogen (secondary N) is 1. The number of rotatable bonds is 4. The molecule has 1 N–H and O–H groups in total. The van der Waals surface area contributed by atoms with Gasteiger partial charge in [-0.2, -0.15) is 0 Å². The summed E-state index contributed by atoms with van der Waals surface area (Å²) >= 11 is 7.30. The molecule has 2 aromatic carbocycles. The first-order valence-corrected chi connectivity index (χ1v) is 10.3. The zero-order valence-corrected chi connectivity index (χ0v) is 17.4. The van der Waals surface area contributed by atoms with Crippen LogP contribution >= 0.6 is 22.9 Å². The Balaban J connectivity index is 1.70. The maximum Gasteiger partial charge on any atom is 0.263 e. The fourth-order valence-corrected chi connectivity index (χ4v) is 4.11. The summed E-state index contributed by atoms with van der Waals surface area (Å²) in [5.74, 6) is -0.303. The lowest BCUT2D eigenvalue weighted by Gasteiger charge is -2.15. The summed E-state index contributed by atoms with van der Waals surface area (Å²) in [5, 5.41) is 5.86. The van der Waals surface area contributed by atoms with E-state index in [9.17, 15) is 9.59 Å². The molecule has 2 aromatic heterocycles. The number of aromatic nitrogens is 2. The Bertz CT molecular complexity index is 1240. The lowest BCUT2D eigenvalue weighted by Crippen LogP contribution is -2.31. The number of thiophene rings is 1. The zero-order chi connectivity index (χ0) is 20.5. The van der Waals surface area contributed by atoms with Gasteiger partial charge in [0.2, 0.25) is 5.91 Å². The van der Waals surface area contributed by atoms with E-state index in [1.807, 2.05) is 36.6 Å². The van der Waals surface area contributed by atoms with Crippen LogP contribution in [0.1, 0.15) is 18.5 Å². The third-order valence-corrected chi connectivity index (χ3v) is 5.93. The summed E-state index contributed by atoms with van der Waals surface area (Å²) in [5.41, 5.74) is 3.32. The summed E-state index contributed by atoms with van der Waals surface area (Å²) in [6.45, 7) is 3.70. The van der Waals surface area contributed by atoms with E-state index in [0.29, 0.717) is 20.9 Å². The summed E-state index contributed by atoms with van der Waals surface area (Å²) < 4.78 is 1.37. The molecule has 0 aliphatic rings. The van der Waals surface area contributed by atoms with Gasteiger partial charge in [0, 0.05) is 21.7 Å². The molecular weight excluding hydrogens is 406 g/mol. The average molecular weight is 424 g/mol. The van der Waals surface area contributed by atoms with Gasteiger partial charge in [0.05, 0.1) is 11.7 Å². The van der Waals surface area contributed by atoms with Crippen molar-refractivity contribution in [2.75, 3.05) is 5.32 Å². The molecule has 1 unspecified atom stereocenters. The van der Waals surface area contributed by atoms with Gasteiger partial charge < -0.3 is 5.32 Å². The first-order valence-electron chi connectivity index (χ1n) is 9.06. The highest BCUT2D eigenvalue weighted by molar-refractivity contribution is 7.17. The van der Waals surface area contributed by atoms with Crippen LogP contribution in [-0.4, -0.2) is 15.5 Å². The molecule has 1 atom stereocenters. The highest BCUT2D eigenvalue weighted by Crippen LogP contribution is 2.31. The third-order valence-electron chi connectivity index (χ3n) is 4.79. The van der Waals surface area contributed by atoms with Gasteiger partial charge in [0.25, 0.3) is 5.56 Å². The van der Waals surface area contributed by atoms with Crippen LogP contribution in [0, 0.1) is 6.92 Å². The predicted molar refractivity (Wildman–Crippen MR) is 119 cm³/mol. The number of hydrogen-bond donors (Lipinski definition) is 1. The van der Waals surface area contributed by atoms with E-state index in [1.165, 1.54) is 22.2 Å². The fourth-order valence-electron chi connectivity index (χ4n) is 3.07. The van der Waals surface area contributed by atoms with Gasteiger partial charge in [-0.15, -0.1) is 11.3 Å². The molecule has 1 amide bonds. The lowest BCUT2D eigenvalue weighted by atomic mass is 10.0. The topological polar surface area (TPSA) is 64.0 Å². The Hall–Kier alpha value is -2.96. The smallest absolute Gasteiger partial charge is 0.263 e. The number of hydrogen-bond acceptors (Lipinski definition) is 4. The zero-order valence-electron chi connectivity index (χ0n) is 15.8. The SMILES string of the molecule is Cc1ccc(-c2csc3ncn(C(C)C(=O)Nc4ccc(Cl)cc4)c(=O)c23)cc1. The number of anilines is 1. The molecule has 0 bridgehead atoms. The molecular formula is C22H18ClN3O2S. The number of nitrogens with zero attached hydrogens (tertiary/aromatic N) is 2. The Morgan fingerprint density at radius 2 is 1.83 bits per heavy atom. The van der Waals surface area contributed by atoms with Crippen molar-refractivity contribution in [2.45, 2.75) is 19.9 Å². The van der Waals surface area contributed by atoms with Gasteiger partial charge in [-0.05, 0) is 43.7 Å². The van der Waals surface area contributed by atoms with E-state index in [2.05, 4.69) is 10.3 Å². The monoisotopic (exact) mass is 423 g/mol. The summed E-state index contributed by atoms with van der Waals surface area (Å²) in [6.07, 6.45) is 1.44. The molecule has 0 saturated heterocycles. The Labute approximate surface area is 176 Å². The largest absolute Gasteiger partial charge is 0.324 e. The van der Waals surface area contributed by atoms with Crippen molar-refractivity contribution in [3.05, 3.63) is 81.2 Å². The number of amides is 1. The van der Waals surface area contributed by atoms with Crippen molar-refractivity contribution in [1.29, 1.82) is 0 Å². The molecule has 0 aliphatic carbocycles. The van der Waals surface area contributed by atoms with Crippen LogP contribution in [0.3, 0.4) is 0 Å². The molecule has 29 heavy (non-hydrogen) atoms. The van der Waals surface area contributed by atoms with Crippen molar-refractivity contribution in [3.8, 4) is 11.1 Å². The molecule has 0 fully saturated rings. The Morgan fingerprint density at radius 1 is 1.14 bits per heavy atom. The van der Waals surface area contributed by atoms with E-state index >= 15 is 0 Å². The summed E-state index contributed by atoms with van der Waals surface area (Å²) in [6, 6.07) is 14.1. The van der Waals surface area contributed by atoms with E-state index in [4.69, 9.17) is 11.6 Å². The number of carbonyl (C=O) groups is 1. The van der Waals surface area contributed by atoms with Crippen molar-refractivity contribution in [2.24, 2.45) is 0 Å². The molecule has 5 nitrogen and oxygen atoms in total. The van der Waals surface area contributed by atoms with Gasteiger partial charge in [-0.25, -0.2) is 4.98 Å². The van der Waals surface area contributed by atoms with E-state index in [1.54, 1.807) is 31.2 Å². The Kier molecular flexibility index (Phi) is 5.22. The van der Waals surface area contributed by atoms with Gasteiger partial charge in [0.15, 0.2) is 0 Å². The summed E-state index contributed by atoms with van der Waals surface area (Å²) in [4.78, 5) is 31.0. The fraction of sp³-hybridized carbons (Fsp3) is 0.136. The molecule has 4 rings (SSSR count). The van der Waals surface area contributed by atoms with Crippen LogP contribution < -0.4 is 10.9 Å². The first kappa shape index (κ1) is 19.4. The highest BCUT2D eigenvalue weighted by atomic mass is 35.5. The van der Waals surface area contributed by atoms with E-state index in [-0.39, 0.29) is 11.5 Å². The van der Waals surface area contributed by atoms with Crippen molar-refractivity contribution < 1.29 is 4.79 Å². The van der Waals surface area contributed by atoms with Gasteiger partial charge in [-0.3, -0.25) is 14.2 Å².